The van der Waals surface area contributed by atoms with Crippen LogP contribution in [0, 0.1) is 18.8 Å². The number of nitrogens with one attached hydrogen (secondary N) is 1. The van der Waals surface area contributed by atoms with E-state index in [2.05, 4.69) is 17.2 Å². The normalized spacial score (nSPS) is 18.5. The number of carbonyl (C=O) groups is 1. The highest BCUT2D eigenvalue weighted by Crippen LogP contribution is 2.21. The van der Waals surface area contributed by atoms with Gasteiger partial charge in [0, 0.05) is 6.61 Å². The van der Waals surface area contributed by atoms with E-state index in [1.54, 1.807) is 0 Å². The van der Waals surface area contributed by atoms with Crippen molar-refractivity contribution in [3.8, 4) is 11.8 Å². The fraction of sp³-hybridized carbons (Fsp3) is 0.500. The van der Waals surface area contributed by atoms with Crippen LogP contribution in [0.25, 0.3) is 0 Å². The summed E-state index contributed by atoms with van der Waals surface area (Å²) in [5.74, 6) is 5.39. The summed E-state index contributed by atoms with van der Waals surface area (Å²) in [5, 5.41) is 11.7. The first kappa shape index (κ1) is 14.1. The van der Waals surface area contributed by atoms with Gasteiger partial charge in [0.1, 0.15) is 6.61 Å². The molecule has 0 aliphatic carbocycles. The van der Waals surface area contributed by atoms with E-state index in [0.717, 1.165) is 29.9 Å². The molecule has 1 aromatic rings. The Balaban J connectivity index is 2.02. The molecule has 4 nitrogen and oxygen atoms in total. The van der Waals surface area contributed by atoms with E-state index < -0.39 is 0 Å². The predicted octanol–water partition coefficient (Wildman–Crippen LogP) is 1.31. The molecule has 0 saturated carbocycles. The fourth-order valence-corrected chi connectivity index (χ4v) is 2.90. The largest absolute Gasteiger partial charge is 0.384 e. The van der Waals surface area contributed by atoms with Crippen molar-refractivity contribution < 1.29 is 14.6 Å². The summed E-state index contributed by atoms with van der Waals surface area (Å²) in [6.45, 7) is 3.12. The van der Waals surface area contributed by atoms with Crippen molar-refractivity contribution in [2.24, 2.45) is 0 Å². The van der Waals surface area contributed by atoms with Gasteiger partial charge in [-0.3, -0.25) is 4.79 Å². The number of hydrogen-bond acceptors (Lipinski definition) is 4. The Bertz CT molecular complexity index is 506. The Hall–Kier alpha value is -1.35. The lowest BCUT2D eigenvalue weighted by Gasteiger charge is -2.22. The Labute approximate surface area is 116 Å². The fourth-order valence-electron chi connectivity index (χ4n) is 1.95. The molecule has 1 amide bonds. The second kappa shape index (κ2) is 6.71. The van der Waals surface area contributed by atoms with Gasteiger partial charge < -0.3 is 15.2 Å². The van der Waals surface area contributed by atoms with Crippen molar-refractivity contribution in [1.29, 1.82) is 0 Å². The molecule has 1 saturated heterocycles. The molecule has 1 unspecified atom stereocenters. The molecule has 0 spiro atoms. The molecule has 1 aliphatic rings. The summed E-state index contributed by atoms with van der Waals surface area (Å²) in [6.07, 6.45) is 1.95. The lowest BCUT2D eigenvalue weighted by molar-refractivity contribution is 0.0626. The van der Waals surface area contributed by atoms with E-state index >= 15 is 0 Å². The summed E-state index contributed by atoms with van der Waals surface area (Å²) >= 11 is 1.36. The van der Waals surface area contributed by atoms with Crippen molar-refractivity contribution in [1.82, 2.24) is 5.32 Å². The molecule has 0 radical (unpaired) electrons. The zero-order chi connectivity index (χ0) is 13.7. The van der Waals surface area contributed by atoms with Crippen LogP contribution in [0.1, 0.15) is 33.0 Å². The standard InChI is InChI=1S/C14H17NO3S/c1-10-8-13(19-12(10)5-2-6-16)14(17)15-11-4-3-7-18-9-11/h8,11,16H,3-4,6-7,9H2,1H3,(H,15,17). The maximum Gasteiger partial charge on any atom is 0.261 e. The summed E-state index contributed by atoms with van der Waals surface area (Å²) < 4.78 is 5.34. The van der Waals surface area contributed by atoms with Crippen LogP contribution >= 0.6 is 11.3 Å². The highest BCUT2D eigenvalue weighted by Gasteiger charge is 2.18. The Morgan fingerprint density at radius 1 is 1.68 bits per heavy atom. The van der Waals surface area contributed by atoms with Gasteiger partial charge in [-0.1, -0.05) is 11.8 Å². The Morgan fingerprint density at radius 2 is 2.53 bits per heavy atom. The van der Waals surface area contributed by atoms with E-state index in [4.69, 9.17) is 9.84 Å². The second-order valence-electron chi connectivity index (χ2n) is 4.47. The molecular formula is C14H17NO3S. The summed E-state index contributed by atoms with van der Waals surface area (Å²) in [7, 11) is 0. The number of carbonyl (C=O) groups excluding carboxylic acids is 1. The lowest BCUT2D eigenvalue weighted by atomic mass is 10.1. The van der Waals surface area contributed by atoms with Gasteiger partial charge >= 0.3 is 0 Å². The summed E-state index contributed by atoms with van der Waals surface area (Å²) in [6, 6.07) is 1.95. The molecule has 5 heteroatoms. The molecule has 1 fully saturated rings. The Kier molecular flexibility index (Phi) is 4.97. The lowest BCUT2D eigenvalue weighted by Crippen LogP contribution is -2.40. The molecule has 1 aromatic heterocycles. The van der Waals surface area contributed by atoms with Gasteiger partial charge in [0.25, 0.3) is 5.91 Å². The van der Waals surface area contributed by atoms with Gasteiger partial charge in [0.05, 0.1) is 22.4 Å². The van der Waals surface area contributed by atoms with Crippen molar-refractivity contribution in [3.63, 3.8) is 0 Å². The van der Waals surface area contributed by atoms with Gasteiger partial charge in [-0.05, 0) is 31.4 Å². The minimum absolute atomic E-state index is 0.0688. The molecule has 19 heavy (non-hydrogen) atoms. The van der Waals surface area contributed by atoms with Gasteiger partial charge in [0.2, 0.25) is 0 Å². The minimum Gasteiger partial charge on any atom is -0.384 e. The number of aliphatic hydroxyl groups excluding tert-OH is 1. The van der Waals surface area contributed by atoms with Crippen molar-refractivity contribution >= 4 is 17.2 Å². The number of thiophene rings is 1. The molecule has 0 bridgehead atoms. The van der Waals surface area contributed by atoms with Gasteiger partial charge in [-0.15, -0.1) is 11.3 Å². The smallest absolute Gasteiger partial charge is 0.261 e. The van der Waals surface area contributed by atoms with Crippen LogP contribution in [0.2, 0.25) is 0 Å². The van der Waals surface area contributed by atoms with Crippen LogP contribution in [-0.2, 0) is 4.74 Å². The van der Waals surface area contributed by atoms with Crippen LogP contribution in [0.5, 0.6) is 0 Å². The quantitative estimate of drug-likeness (QED) is 0.803. The predicted molar refractivity (Wildman–Crippen MR) is 74.3 cm³/mol. The number of aliphatic hydroxyl groups is 1. The zero-order valence-electron chi connectivity index (χ0n) is 10.9. The van der Waals surface area contributed by atoms with E-state index in [0.29, 0.717) is 11.5 Å². The molecule has 2 rings (SSSR count). The molecule has 2 N–H and O–H groups in total. The second-order valence-corrected chi connectivity index (χ2v) is 5.52. The third kappa shape index (κ3) is 3.80. The average molecular weight is 279 g/mol. The van der Waals surface area contributed by atoms with Crippen LogP contribution in [0.15, 0.2) is 6.07 Å². The van der Waals surface area contributed by atoms with Gasteiger partial charge in [-0.2, -0.15) is 0 Å². The number of amides is 1. The average Bonchev–Trinajstić information content (AvgIpc) is 2.79. The molecule has 102 valence electrons. The number of rotatable bonds is 2. The zero-order valence-corrected chi connectivity index (χ0v) is 11.7. The molecule has 2 heterocycles. The first-order valence-electron chi connectivity index (χ1n) is 6.29. The van der Waals surface area contributed by atoms with Gasteiger partial charge in [0.15, 0.2) is 0 Å². The minimum atomic E-state index is -0.168. The number of hydrogen-bond donors (Lipinski definition) is 2. The number of ether oxygens (including phenoxy) is 1. The highest BCUT2D eigenvalue weighted by molar-refractivity contribution is 7.14. The van der Waals surface area contributed by atoms with Gasteiger partial charge in [-0.25, -0.2) is 0 Å². The molecule has 0 aromatic carbocycles. The third-order valence-electron chi connectivity index (χ3n) is 2.92. The molecule has 1 aliphatic heterocycles. The van der Waals surface area contributed by atoms with Crippen molar-refractivity contribution in [2.75, 3.05) is 19.8 Å². The monoisotopic (exact) mass is 279 g/mol. The van der Waals surface area contributed by atoms with E-state index in [1.165, 1.54) is 11.3 Å². The van der Waals surface area contributed by atoms with E-state index in [1.807, 2.05) is 13.0 Å². The van der Waals surface area contributed by atoms with E-state index in [9.17, 15) is 4.79 Å². The number of aryl methyl sites for hydroxylation is 1. The van der Waals surface area contributed by atoms with Crippen LogP contribution in [-0.4, -0.2) is 36.9 Å². The van der Waals surface area contributed by atoms with Crippen LogP contribution < -0.4 is 5.32 Å². The SMILES string of the molecule is Cc1cc(C(=O)NC2CCCOC2)sc1C#CCO. The van der Waals surface area contributed by atoms with Crippen LogP contribution in [0.3, 0.4) is 0 Å². The highest BCUT2D eigenvalue weighted by atomic mass is 32.1. The maximum atomic E-state index is 12.1. The van der Waals surface area contributed by atoms with Crippen molar-refractivity contribution in [3.05, 3.63) is 21.4 Å². The maximum absolute atomic E-state index is 12.1. The van der Waals surface area contributed by atoms with Crippen molar-refractivity contribution in [2.45, 2.75) is 25.8 Å². The molecular weight excluding hydrogens is 262 g/mol. The summed E-state index contributed by atoms with van der Waals surface area (Å²) in [5.41, 5.74) is 0.969. The Morgan fingerprint density at radius 3 is 3.21 bits per heavy atom. The first-order chi connectivity index (χ1) is 9.20. The van der Waals surface area contributed by atoms with E-state index in [-0.39, 0.29) is 18.6 Å². The third-order valence-corrected chi connectivity index (χ3v) is 4.07. The topological polar surface area (TPSA) is 58.6 Å². The summed E-state index contributed by atoms with van der Waals surface area (Å²) in [4.78, 5) is 13.6. The molecule has 1 atom stereocenters. The first-order valence-corrected chi connectivity index (χ1v) is 7.11. The van der Waals surface area contributed by atoms with Crippen LogP contribution in [0.4, 0.5) is 0 Å².